The molecule has 1 amide bonds. The molecule has 1 N–H and O–H groups in total. The third-order valence-electron chi connectivity index (χ3n) is 4.40. The van der Waals surface area contributed by atoms with Gasteiger partial charge in [0.1, 0.15) is 11.6 Å². The zero-order valence-electron chi connectivity index (χ0n) is 18.0. The number of amides is 1. The summed E-state index contributed by atoms with van der Waals surface area (Å²) in [7, 11) is 0. The molecule has 0 saturated heterocycles. The second-order valence-electron chi connectivity index (χ2n) is 8.46. The van der Waals surface area contributed by atoms with Crippen molar-refractivity contribution in [3.05, 3.63) is 0 Å². The van der Waals surface area contributed by atoms with Crippen LogP contribution in [0.5, 0.6) is 0 Å². The molecular formula is C22H43NO3. The largest absolute Gasteiger partial charge is 0.458 e. The fourth-order valence-electron chi connectivity index (χ4n) is 2.89. The van der Waals surface area contributed by atoms with Gasteiger partial charge in [-0.15, -0.1) is 0 Å². The van der Waals surface area contributed by atoms with E-state index in [0.717, 1.165) is 12.8 Å². The van der Waals surface area contributed by atoms with Crippen LogP contribution in [-0.4, -0.2) is 23.5 Å². The molecule has 4 heteroatoms. The zero-order chi connectivity index (χ0) is 19.8. The summed E-state index contributed by atoms with van der Waals surface area (Å²) in [5.41, 5.74) is -0.522. The van der Waals surface area contributed by atoms with Crippen molar-refractivity contribution in [2.24, 2.45) is 0 Å². The van der Waals surface area contributed by atoms with E-state index in [-0.39, 0.29) is 11.9 Å². The highest BCUT2D eigenvalue weighted by Crippen LogP contribution is 2.12. The van der Waals surface area contributed by atoms with E-state index < -0.39 is 11.6 Å². The zero-order valence-corrected chi connectivity index (χ0v) is 18.0. The Morgan fingerprint density at radius 3 is 1.65 bits per heavy atom. The van der Waals surface area contributed by atoms with Crippen LogP contribution in [0.15, 0.2) is 0 Å². The van der Waals surface area contributed by atoms with E-state index in [9.17, 15) is 9.59 Å². The average molecular weight is 370 g/mol. The lowest BCUT2D eigenvalue weighted by molar-refractivity contribution is -0.158. The molecule has 0 radical (unpaired) electrons. The molecule has 0 fully saturated rings. The van der Waals surface area contributed by atoms with E-state index in [1.54, 1.807) is 6.92 Å². The lowest BCUT2D eigenvalue weighted by atomic mass is 10.0. The second kappa shape index (κ2) is 15.0. The first-order valence-electron chi connectivity index (χ1n) is 10.8. The number of carbonyl (C=O) groups excluding carboxylic acids is 2. The van der Waals surface area contributed by atoms with Crippen molar-refractivity contribution in [2.45, 2.75) is 130 Å². The topological polar surface area (TPSA) is 55.4 Å². The number of hydrogen-bond acceptors (Lipinski definition) is 3. The van der Waals surface area contributed by atoms with Gasteiger partial charge in [-0.1, -0.05) is 77.6 Å². The van der Waals surface area contributed by atoms with E-state index in [1.165, 1.54) is 64.2 Å². The van der Waals surface area contributed by atoms with Gasteiger partial charge in [0.05, 0.1) is 0 Å². The lowest BCUT2D eigenvalue weighted by Crippen LogP contribution is -2.42. The maximum Gasteiger partial charge on any atom is 0.328 e. The second-order valence-corrected chi connectivity index (χ2v) is 8.46. The SMILES string of the molecule is CCCCCCCCCCCCCCC(=O)N[C@@H](C)C(=O)OC(C)(C)C. The maximum absolute atomic E-state index is 11.9. The summed E-state index contributed by atoms with van der Waals surface area (Å²) in [6.07, 6.45) is 15.8. The van der Waals surface area contributed by atoms with Gasteiger partial charge in [0.25, 0.3) is 0 Å². The summed E-state index contributed by atoms with van der Waals surface area (Å²) in [5, 5.41) is 2.73. The summed E-state index contributed by atoms with van der Waals surface area (Å²) in [4.78, 5) is 23.7. The fourth-order valence-corrected chi connectivity index (χ4v) is 2.89. The van der Waals surface area contributed by atoms with E-state index in [4.69, 9.17) is 4.74 Å². The Kier molecular flexibility index (Phi) is 14.4. The molecule has 0 aromatic carbocycles. The molecule has 4 nitrogen and oxygen atoms in total. The Hall–Kier alpha value is -1.06. The molecule has 0 aliphatic rings. The molecule has 0 spiro atoms. The smallest absolute Gasteiger partial charge is 0.328 e. The Labute approximate surface area is 161 Å². The molecule has 0 heterocycles. The predicted octanol–water partition coefficient (Wildman–Crippen LogP) is 5.92. The number of ether oxygens (including phenoxy) is 1. The van der Waals surface area contributed by atoms with E-state index >= 15 is 0 Å². The Balaban J connectivity index is 3.50. The number of unbranched alkanes of at least 4 members (excludes halogenated alkanes) is 11. The fraction of sp³-hybridized carbons (Fsp3) is 0.909. The van der Waals surface area contributed by atoms with Crippen molar-refractivity contribution in [2.75, 3.05) is 0 Å². The van der Waals surface area contributed by atoms with Crippen LogP contribution in [0.1, 0.15) is 118 Å². The Morgan fingerprint density at radius 2 is 1.23 bits per heavy atom. The number of rotatable bonds is 15. The van der Waals surface area contributed by atoms with Gasteiger partial charge in [-0.3, -0.25) is 4.79 Å². The number of carbonyl (C=O) groups is 2. The minimum atomic E-state index is -0.584. The van der Waals surface area contributed by atoms with Crippen LogP contribution in [0.3, 0.4) is 0 Å². The molecular weight excluding hydrogens is 326 g/mol. The molecule has 154 valence electrons. The molecule has 0 unspecified atom stereocenters. The van der Waals surface area contributed by atoms with Crippen LogP contribution in [0.2, 0.25) is 0 Å². The van der Waals surface area contributed by atoms with Gasteiger partial charge >= 0.3 is 5.97 Å². The van der Waals surface area contributed by atoms with Crippen molar-refractivity contribution in [3.63, 3.8) is 0 Å². The van der Waals surface area contributed by atoms with Crippen molar-refractivity contribution < 1.29 is 14.3 Å². The number of nitrogens with one attached hydrogen (secondary N) is 1. The van der Waals surface area contributed by atoms with E-state index in [2.05, 4.69) is 12.2 Å². The van der Waals surface area contributed by atoms with Crippen LogP contribution in [0.25, 0.3) is 0 Å². The molecule has 1 atom stereocenters. The third-order valence-corrected chi connectivity index (χ3v) is 4.40. The summed E-state index contributed by atoms with van der Waals surface area (Å²) in [6, 6.07) is -0.584. The summed E-state index contributed by atoms with van der Waals surface area (Å²) in [6.45, 7) is 9.41. The molecule has 0 saturated carbocycles. The maximum atomic E-state index is 11.9. The van der Waals surface area contributed by atoms with Crippen molar-refractivity contribution in [1.82, 2.24) is 5.32 Å². The normalized spacial score (nSPS) is 12.7. The summed E-state index contributed by atoms with van der Waals surface area (Å²) >= 11 is 0. The van der Waals surface area contributed by atoms with Crippen LogP contribution >= 0.6 is 0 Å². The highest BCUT2D eigenvalue weighted by molar-refractivity contribution is 5.84. The van der Waals surface area contributed by atoms with Crippen LogP contribution in [0, 0.1) is 0 Å². The molecule has 0 aliphatic carbocycles. The quantitative estimate of drug-likeness (QED) is 0.288. The van der Waals surface area contributed by atoms with E-state index in [0.29, 0.717) is 6.42 Å². The summed E-state index contributed by atoms with van der Waals surface area (Å²) in [5.74, 6) is -0.434. The average Bonchev–Trinajstić information content (AvgIpc) is 2.54. The van der Waals surface area contributed by atoms with Gasteiger partial charge in [0, 0.05) is 6.42 Å². The molecule has 0 aromatic rings. The number of esters is 1. The van der Waals surface area contributed by atoms with E-state index in [1.807, 2.05) is 20.8 Å². The monoisotopic (exact) mass is 369 g/mol. The first-order chi connectivity index (χ1) is 12.3. The van der Waals surface area contributed by atoms with Gasteiger partial charge in [-0.05, 0) is 34.1 Å². The van der Waals surface area contributed by atoms with Gasteiger partial charge in [0.15, 0.2) is 0 Å². The van der Waals surface area contributed by atoms with Gasteiger partial charge in [-0.25, -0.2) is 4.79 Å². The van der Waals surface area contributed by atoms with Crippen LogP contribution < -0.4 is 5.32 Å². The Morgan fingerprint density at radius 1 is 0.808 bits per heavy atom. The standard InChI is InChI=1S/C22H43NO3/c1-6-7-8-9-10-11-12-13-14-15-16-17-18-20(24)23-19(2)21(25)26-22(3,4)5/h19H,6-18H2,1-5H3,(H,23,24)/t19-/m0/s1. The first kappa shape index (κ1) is 24.9. The molecule has 26 heavy (non-hydrogen) atoms. The first-order valence-corrected chi connectivity index (χ1v) is 10.8. The highest BCUT2D eigenvalue weighted by atomic mass is 16.6. The highest BCUT2D eigenvalue weighted by Gasteiger charge is 2.22. The number of hydrogen-bond donors (Lipinski definition) is 1. The van der Waals surface area contributed by atoms with Crippen LogP contribution in [-0.2, 0) is 14.3 Å². The minimum absolute atomic E-state index is 0.0598. The van der Waals surface area contributed by atoms with Crippen LogP contribution in [0.4, 0.5) is 0 Å². The molecule has 0 aromatic heterocycles. The molecule has 0 bridgehead atoms. The van der Waals surface area contributed by atoms with Gasteiger partial charge < -0.3 is 10.1 Å². The van der Waals surface area contributed by atoms with Gasteiger partial charge in [-0.2, -0.15) is 0 Å². The minimum Gasteiger partial charge on any atom is -0.458 e. The van der Waals surface area contributed by atoms with Crippen molar-refractivity contribution in [3.8, 4) is 0 Å². The van der Waals surface area contributed by atoms with Gasteiger partial charge in [0.2, 0.25) is 5.91 Å². The van der Waals surface area contributed by atoms with Crippen molar-refractivity contribution in [1.29, 1.82) is 0 Å². The molecule has 0 aliphatic heterocycles. The Bertz CT molecular complexity index is 374. The molecule has 0 rings (SSSR count). The predicted molar refractivity (Wildman–Crippen MR) is 109 cm³/mol. The third kappa shape index (κ3) is 16.4. The van der Waals surface area contributed by atoms with Crippen molar-refractivity contribution >= 4 is 11.9 Å². The summed E-state index contributed by atoms with van der Waals surface area (Å²) < 4.78 is 5.26. The lowest BCUT2D eigenvalue weighted by Gasteiger charge is -2.22.